The summed E-state index contributed by atoms with van der Waals surface area (Å²) in [6.07, 6.45) is 1.63. The molecule has 21 heavy (non-hydrogen) atoms. The van der Waals surface area contributed by atoms with E-state index < -0.39 is 10.6 Å². The maximum atomic E-state index is 12.7. The Morgan fingerprint density at radius 3 is 2.57 bits per heavy atom. The lowest BCUT2D eigenvalue weighted by Crippen LogP contribution is -2.60. The smallest absolute Gasteiger partial charge is 0.435 e. The van der Waals surface area contributed by atoms with E-state index in [1.165, 1.54) is 0 Å². The van der Waals surface area contributed by atoms with Gasteiger partial charge < -0.3 is 16.6 Å². The number of quaternary nitrogens is 1. The van der Waals surface area contributed by atoms with Crippen molar-refractivity contribution >= 4 is 30.6 Å². The summed E-state index contributed by atoms with van der Waals surface area (Å²) in [5.41, 5.74) is 10.5. The minimum absolute atomic E-state index is 0.0194. The topological polar surface area (TPSA) is 119 Å². The van der Waals surface area contributed by atoms with Crippen LogP contribution in [0, 0.1) is 5.92 Å². The van der Waals surface area contributed by atoms with Crippen LogP contribution in [-0.2, 0) is 4.79 Å². The fraction of sp³-hybridized carbons (Fsp3) is 0.769. The SMILES string of the molecule is C[C@@H]1CCC[N+]1(C(=O)O)C(=O)C(CS)CCCN=C(N)N. The number of likely N-dealkylation sites (tertiary alicyclic amines) is 1. The first-order valence-corrected chi connectivity index (χ1v) is 7.81. The minimum Gasteiger partial charge on any atom is -0.435 e. The van der Waals surface area contributed by atoms with Crippen LogP contribution in [0.2, 0.25) is 0 Å². The van der Waals surface area contributed by atoms with Crippen LogP contribution in [-0.4, -0.2) is 52.4 Å². The number of amides is 2. The molecule has 5 N–H and O–H groups in total. The molecule has 0 bridgehead atoms. The van der Waals surface area contributed by atoms with Gasteiger partial charge >= 0.3 is 12.0 Å². The largest absolute Gasteiger partial charge is 0.521 e. The van der Waals surface area contributed by atoms with Crippen molar-refractivity contribution in [2.24, 2.45) is 22.4 Å². The third kappa shape index (κ3) is 3.88. The first kappa shape index (κ1) is 17.8. The Balaban J connectivity index is 2.77. The van der Waals surface area contributed by atoms with Gasteiger partial charge in [-0.3, -0.25) is 4.99 Å². The van der Waals surface area contributed by atoms with Crippen LogP contribution in [0.1, 0.15) is 32.6 Å². The van der Waals surface area contributed by atoms with Crippen LogP contribution in [0.5, 0.6) is 0 Å². The van der Waals surface area contributed by atoms with Crippen LogP contribution in [0.4, 0.5) is 4.79 Å². The number of rotatable bonds is 6. The second-order valence-electron chi connectivity index (χ2n) is 5.53. The third-order valence-electron chi connectivity index (χ3n) is 4.19. The van der Waals surface area contributed by atoms with Crippen molar-refractivity contribution in [1.29, 1.82) is 0 Å². The predicted molar refractivity (Wildman–Crippen MR) is 84.1 cm³/mol. The van der Waals surface area contributed by atoms with Gasteiger partial charge in [0.1, 0.15) is 6.04 Å². The van der Waals surface area contributed by atoms with Crippen molar-refractivity contribution in [2.75, 3.05) is 18.8 Å². The molecule has 1 aliphatic rings. The highest BCUT2D eigenvalue weighted by Crippen LogP contribution is 2.31. The lowest BCUT2D eigenvalue weighted by molar-refractivity contribution is -0.794. The van der Waals surface area contributed by atoms with E-state index in [-0.39, 0.29) is 23.8 Å². The van der Waals surface area contributed by atoms with Crippen LogP contribution in [0.15, 0.2) is 4.99 Å². The molecule has 2 unspecified atom stereocenters. The van der Waals surface area contributed by atoms with E-state index in [1.54, 1.807) is 0 Å². The fourth-order valence-electron chi connectivity index (χ4n) is 2.95. The van der Waals surface area contributed by atoms with Crippen molar-refractivity contribution in [3.63, 3.8) is 0 Å². The highest BCUT2D eigenvalue weighted by molar-refractivity contribution is 7.80. The number of aliphatic imine (C=N–C) groups is 1. The standard InChI is InChI=1S/C13H24N4O3S/c1-9-4-3-7-17(9,13(19)20)11(18)10(8-21)5-2-6-16-12(14)15/h9-10H,2-8H2,1H3,(H5-,14,15,16,19,20,21)/p+1/t9-,10?,17?/m1/s1. The molecule has 1 rings (SSSR count). The maximum absolute atomic E-state index is 12.7. The number of nitrogens with zero attached hydrogens (tertiary/aromatic N) is 2. The Labute approximate surface area is 130 Å². The molecule has 0 aromatic heterocycles. The summed E-state index contributed by atoms with van der Waals surface area (Å²) in [7, 11) is 0. The number of imide groups is 1. The number of carbonyl (C=O) groups is 2. The summed E-state index contributed by atoms with van der Waals surface area (Å²) in [6.45, 7) is 2.63. The van der Waals surface area contributed by atoms with Crippen LogP contribution < -0.4 is 11.5 Å². The highest BCUT2D eigenvalue weighted by Gasteiger charge is 2.54. The molecule has 120 valence electrons. The second kappa shape index (κ2) is 7.65. The summed E-state index contributed by atoms with van der Waals surface area (Å²) in [6, 6.07) is -0.185. The summed E-state index contributed by atoms with van der Waals surface area (Å²) in [5.74, 6) is -0.280. The van der Waals surface area contributed by atoms with Crippen molar-refractivity contribution in [3.05, 3.63) is 0 Å². The zero-order valence-electron chi connectivity index (χ0n) is 12.4. The van der Waals surface area contributed by atoms with Crippen molar-refractivity contribution < 1.29 is 19.2 Å². The van der Waals surface area contributed by atoms with Gasteiger partial charge in [0.05, 0.1) is 12.5 Å². The van der Waals surface area contributed by atoms with E-state index in [2.05, 4.69) is 17.6 Å². The molecule has 0 radical (unpaired) electrons. The molecule has 7 nitrogen and oxygen atoms in total. The lowest BCUT2D eigenvalue weighted by atomic mass is 10.0. The number of carboxylic acid groups (broad SMARTS) is 1. The lowest BCUT2D eigenvalue weighted by Gasteiger charge is -2.32. The number of carbonyl (C=O) groups excluding carboxylic acids is 1. The van der Waals surface area contributed by atoms with Crippen molar-refractivity contribution in [2.45, 2.75) is 38.6 Å². The summed E-state index contributed by atoms with van der Waals surface area (Å²) >= 11 is 4.22. The van der Waals surface area contributed by atoms with Gasteiger partial charge in [-0.1, -0.05) is 0 Å². The molecule has 0 spiro atoms. The number of guanidine groups is 1. The molecule has 0 saturated carbocycles. The van der Waals surface area contributed by atoms with Gasteiger partial charge in [0, 0.05) is 25.1 Å². The number of hydrogen-bond donors (Lipinski definition) is 4. The summed E-state index contributed by atoms with van der Waals surface area (Å²) < 4.78 is -0.465. The Morgan fingerprint density at radius 1 is 1.48 bits per heavy atom. The second-order valence-corrected chi connectivity index (χ2v) is 5.90. The molecule has 1 fully saturated rings. The van der Waals surface area contributed by atoms with Gasteiger partial charge in [-0.25, -0.2) is 4.79 Å². The average Bonchev–Trinajstić information content (AvgIpc) is 2.80. The molecular formula is C13H25N4O3S+. The van der Waals surface area contributed by atoms with E-state index in [0.717, 1.165) is 12.8 Å². The molecular weight excluding hydrogens is 292 g/mol. The quantitative estimate of drug-likeness (QED) is 0.190. The van der Waals surface area contributed by atoms with Crippen molar-refractivity contribution in [1.82, 2.24) is 0 Å². The Morgan fingerprint density at radius 2 is 2.14 bits per heavy atom. The first-order chi connectivity index (χ1) is 9.86. The Kier molecular flexibility index (Phi) is 6.47. The van der Waals surface area contributed by atoms with Crippen LogP contribution >= 0.6 is 12.6 Å². The molecule has 2 amide bonds. The highest BCUT2D eigenvalue weighted by atomic mass is 32.1. The average molecular weight is 317 g/mol. The Hall–Kier alpha value is -1.28. The van der Waals surface area contributed by atoms with Gasteiger partial charge in [-0.15, -0.1) is 0 Å². The molecule has 8 heteroatoms. The minimum atomic E-state index is -1.05. The monoisotopic (exact) mass is 317 g/mol. The zero-order valence-corrected chi connectivity index (χ0v) is 13.3. The van der Waals surface area contributed by atoms with Gasteiger partial charge in [0.25, 0.3) is 0 Å². The molecule has 1 heterocycles. The third-order valence-corrected chi connectivity index (χ3v) is 4.64. The molecule has 1 saturated heterocycles. The molecule has 3 atom stereocenters. The summed E-state index contributed by atoms with van der Waals surface area (Å²) in [5, 5.41) is 9.56. The molecule has 0 aliphatic carbocycles. The van der Waals surface area contributed by atoms with E-state index in [4.69, 9.17) is 11.5 Å². The van der Waals surface area contributed by atoms with Crippen LogP contribution in [0.3, 0.4) is 0 Å². The van der Waals surface area contributed by atoms with E-state index >= 15 is 0 Å². The molecule has 0 aromatic carbocycles. The Bertz CT molecular complexity index is 426. The van der Waals surface area contributed by atoms with E-state index in [0.29, 0.717) is 31.7 Å². The van der Waals surface area contributed by atoms with Crippen LogP contribution in [0.25, 0.3) is 0 Å². The van der Waals surface area contributed by atoms with Gasteiger partial charge in [-0.05, 0) is 19.8 Å². The predicted octanol–water partition coefficient (Wildman–Crippen LogP) is 0.790. The first-order valence-electron chi connectivity index (χ1n) is 7.18. The van der Waals surface area contributed by atoms with Gasteiger partial charge in [0.15, 0.2) is 5.96 Å². The van der Waals surface area contributed by atoms with Gasteiger partial charge in [-0.2, -0.15) is 21.9 Å². The fourth-order valence-corrected chi connectivity index (χ4v) is 3.29. The van der Waals surface area contributed by atoms with Crippen molar-refractivity contribution in [3.8, 4) is 0 Å². The van der Waals surface area contributed by atoms with Gasteiger partial charge in [0.2, 0.25) is 0 Å². The van der Waals surface area contributed by atoms with E-state index in [1.807, 2.05) is 6.92 Å². The molecule has 0 aromatic rings. The molecule has 1 aliphatic heterocycles. The van der Waals surface area contributed by atoms with E-state index in [9.17, 15) is 14.7 Å². The number of thiol groups is 1. The zero-order chi connectivity index (χ0) is 16.0. The number of nitrogens with two attached hydrogens (primary N) is 2. The maximum Gasteiger partial charge on any atom is 0.521 e. The summed E-state index contributed by atoms with van der Waals surface area (Å²) in [4.78, 5) is 28.3. The number of hydrogen-bond acceptors (Lipinski definition) is 4. The normalized spacial score (nSPS) is 26.3.